The van der Waals surface area contributed by atoms with Crippen molar-refractivity contribution in [2.45, 2.75) is 38.4 Å². The van der Waals surface area contributed by atoms with E-state index in [4.69, 9.17) is 4.74 Å². The number of likely N-dealkylation sites (tertiary alicyclic amines) is 1. The Morgan fingerprint density at radius 1 is 1.11 bits per heavy atom. The maximum Gasteiger partial charge on any atom is 0.123 e. The minimum atomic E-state index is 0.448. The summed E-state index contributed by atoms with van der Waals surface area (Å²) in [6.07, 6.45) is 11.4. The van der Waals surface area contributed by atoms with Gasteiger partial charge in [0.1, 0.15) is 5.75 Å². The maximum absolute atomic E-state index is 5.57. The van der Waals surface area contributed by atoms with E-state index in [0.29, 0.717) is 6.04 Å². The van der Waals surface area contributed by atoms with Gasteiger partial charge in [-0.15, -0.1) is 0 Å². The Kier molecular flexibility index (Phi) is 5.49. The van der Waals surface area contributed by atoms with Crippen LogP contribution >= 0.6 is 0 Å². The van der Waals surface area contributed by atoms with E-state index in [2.05, 4.69) is 39.2 Å². The number of rotatable bonds is 6. The van der Waals surface area contributed by atoms with Crippen LogP contribution in [0.1, 0.15) is 42.0 Å². The second-order valence-corrected chi connectivity index (χ2v) is 7.12. The van der Waals surface area contributed by atoms with Gasteiger partial charge < -0.3 is 4.74 Å². The Morgan fingerprint density at radius 2 is 2.07 bits per heavy atom. The van der Waals surface area contributed by atoms with Crippen molar-refractivity contribution in [3.8, 4) is 5.75 Å². The minimum absolute atomic E-state index is 0.448. The molecule has 1 fully saturated rings. The summed E-state index contributed by atoms with van der Waals surface area (Å²) in [6.45, 7) is 2.78. The highest BCUT2D eigenvalue weighted by atomic mass is 16.5. The lowest BCUT2D eigenvalue weighted by molar-refractivity contribution is 0.140. The van der Waals surface area contributed by atoms with E-state index in [0.717, 1.165) is 30.9 Å². The zero-order valence-electron chi connectivity index (χ0n) is 15.8. The highest BCUT2D eigenvalue weighted by Crippen LogP contribution is 2.32. The molecule has 5 heteroatoms. The molecule has 0 N–H and O–H groups in total. The molecule has 0 unspecified atom stereocenters. The van der Waals surface area contributed by atoms with Crippen LogP contribution in [0.2, 0.25) is 0 Å². The fourth-order valence-electron chi connectivity index (χ4n) is 3.99. The molecular weight excluding hydrogens is 336 g/mol. The van der Waals surface area contributed by atoms with E-state index in [1.54, 1.807) is 7.11 Å². The largest absolute Gasteiger partial charge is 0.496 e. The third-order valence-electron chi connectivity index (χ3n) is 5.30. The van der Waals surface area contributed by atoms with Crippen LogP contribution in [-0.4, -0.2) is 33.3 Å². The van der Waals surface area contributed by atoms with Crippen LogP contribution in [-0.2, 0) is 13.1 Å². The topological polar surface area (TPSA) is 43.2 Å². The molecule has 27 heavy (non-hydrogen) atoms. The number of hydrogen-bond donors (Lipinski definition) is 0. The van der Waals surface area contributed by atoms with Gasteiger partial charge in [-0.2, -0.15) is 5.10 Å². The zero-order chi connectivity index (χ0) is 18.5. The van der Waals surface area contributed by atoms with E-state index in [-0.39, 0.29) is 0 Å². The van der Waals surface area contributed by atoms with Crippen LogP contribution < -0.4 is 4.74 Å². The molecule has 1 aliphatic rings. The Bertz CT molecular complexity index is 848. The molecule has 3 heterocycles. The number of hydrogen-bond acceptors (Lipinski definition) is 4. The van der Waals surface area contributed by atoms with E-state index in [1.807, 2.05) is 41.6 Å². The highest BCUT2D eigenvalue weighted by molar-refractivity contribution is 5.37. The number of aromatic nitrogens is 3. The van der Waals surface area contributed by atoms with Gasteiger partial charge in [0.2, 0.25) is 0 Å². The molecule has 0 aliphatic carbocycles. The first-order chi connectivity index (χ1) is 13.3. The predicted molar refractivity (Wildman–Crippen MR) is 106 cm³/mol. The van der Waals surface area contributed by atoms with Gasteiger partial charge in [0, 0.05) is 42.9 Å². The van der Waals surface area contributed by atoms with Crippen molar-refractivity contribution >= 4 is 0 Å². The Balaban J connectivity index is 1.55. The first-order valence-corrected chi connectivity index (χ1v) is 9.60. The van der Waals surface area contributed by atoms with Crippen LogP contribution in [0.15, 0.2) is 61.2 Å². The molecule has 0 radical (unpaired) electrons. The highest BCUT2D eigenvalue weighted by Gasteiger charge is 2.24. The van der Waals surface area contributed by atoms with Crippen LogP contribution in [0.25, 0.3) is 0 Å². The predicted octanol–water partition coefficient (Wildman–Crippen LogP) is 4.06. The second-order valence-electron chi connectivity index (χ2n) is 7.12. The van der Waals surface area contributed by atoms with Crippen molar-refractivity contribution in [3.05, 3.63) is 77.9 Å². The summed E-state index contributed by atoms with van der Waals surface area (Å²) in [7, 11) is 1.73. The minimum Gasteiger partial charge on any atom is -0.496 e. The molecule has 1 aromatic carbocycles. The number of methoxy groups -OCH3 is 1. The summed E-state index contributed by atoms with van der Waals surface area (Å²) in [5, 5.41) is 4.33. The molecule has 0 spiro atoms. The average Bonchev–Trinajstić information content (AvgIpc) is 3.22. The summed E-state index contributed by atoms with van der Waals surface area (Å²) in [5.74, 6) is 0.914. The van der Waals surface area contributed by atoms with Crippen LogP contribution in [0, 0.1) is 0 Å². The molecule has 140 valence electrons. The molecule has 5 nitrogen and oxygen atoms in total. The number of nitrogens with zero attached hydrogens (tertiary/aromatic N) is 4. The smallest absolute Gasteiger partial charge is 0.123 e. The molecule has 1 aliphatic heterocycles. The lowest BCUT2D eigenvalue weighted by Gasteiger charge is -2.36. The number of pyridine rings is 1. The van der Waals surface area contributed by atoms with Gasteiger partial charge in [-0.05, 0) is 54.8 Å². The lowest BCUT2D eigenvalue weighted by Crippen LogP contribution is -2.33. The van der Waals surface area contributed by atoms with Gasteiger partial charge in [-0.25, -0.2) is 0 Å². The SMILES string of the molecule is COc1ccc(CN2CCCC[C@H]2c2cccnc2)cc1Cn1cccn1. The molecular formula is C22H26N4O. The molecule has 4 rings (SSSR count). The van der Waals surface area contributed by atoms with E-state index < -0.39 is 0 Å². The Labute approximate surface area is 160 Å². The van der Waals surface area contributed by atoms with Crippen LogP contribution in [0.5, 0.6) is 5.75 Å². The molecule has 0 saturated carbocycles. The standard InChI is InChI=1S/C22H26N4O/c1-27-22-9-8-18(14-20(22)17-26-13-5-11-24-26)16-25-12-3-2-7-21(25)19-6-4-10-23-15-19/h4-6,8-11,13-15,21H,2-3,7,12,16-17H2,1H3/t21-/m0/s1. The summed E-state index contributed by atoms with van der Waals surface area (Å²) in [6, 6.07) is 13.2. The first kappa shape index (κ1) is 17.7. The van der Waals surface area contributed by atoms with Gasteiger partial charge in [0.05, 0.1) is 13.7 Å². The summed E-state index contributed by atoms with van der Waals surface area (Å²) in [4.78, 5) is 6.91. The fourth-order valence-corrected chi connectivity index (χ4v) is 3.99. The average molecular weight is 362 g/mol. The molecule has 0 amide bonds. The van der Waals surface area contributed by atoms with Crippen molar-refractivity contribution in [2.24, 2.45) is 0 Å². The summed E-state index contributed by atoms with van der Waals surface area (Å²) < 4.78 is 7.50. The monoisotopic (exact) mass is 362 g/mol. The van der Waals surface area contributed by atoms with E-state index in [9.17, 15) is 0 Å². The molecule has 0 bridgehead atoms. The Morgan fingerprint density at radius 3 is 2.85 bits per heavy atom. The number of ether oxygens (including phenoxy) is 1. The summed E-state index contributed by atoms with van der Waals surface area (Å²) in [5.41, 5.74) is 3.80. The molecule has 2 aromatic heterocycles. The fraction of sp³-hybridized carbons (Fsp3) is 0.364. The third kappa shape index (κ3) is 4.19. The van der Waals surface area contributed by atoms with Gasteiger partial charge >= 0.3 is 0 Å². The quantitative estimate of drug-likeness (QED) is 0.663. The van der Waals surface area contributed by atoms with Gasteiger partial charge in [-0.1, -0.05) is 18.6 Å². The van der Waals surface area contributed by atoms with E-state index >= 15 is 0 Å². The summed E-state index contributed by atoms with van der Waals surface area (Å²) >= 11 is 0. The molecule has 3 aromatic rings. The van der Waals surface area contributed by atoms with Crippen LogP contribution in [0.3, 0.4) is 0 Å². The van der Waals surface area contributed by atoms with Gasteiger partial charge in [0.15, 0.2) is 0 Å². The van der Waals surface area contributed by atoms with Crippen molar-refractivity contribution in [3.63, 3.8) is 0 Å². The second kappa shape index (κ2) is 8.35. The van der Waals surface area contributed by atoms with Gasteiger partial charge in [0.25, 0.3) is 0 Å². The number of benzene rings is 1. The lowest BCUT2D eigenvalue weighted by atomic mass is 9.95. The molecule has 1 atom stereocenters. The number of piperidine rings is 1. The first-order valence-electron chi connectivity index (χ1n) is 9.60. The van der Waals surface area contributed by atoms with Gasteiger partial charge in [-0.3, -0.25) is 14.6 Å². The van der Waals surface area contributed by atoms with Crippen molar-refractivity contribution in [1.82, 2.24) is 19.7 Å². The maximum atomic E-state index is 5.57. The van der Waals surface area contributed by atoms with Crippen molar-refractivity contribution in [2.75, 3.05) is 13.7 Å². The van der Waals surface area contributed by atoms with Crippen molar-refractivity contribution < 1.29 is 4.74 Å². The molecule has 1 saturated heterocycles. The van der Waals surface area contributed by atoms with Crippen LogP contribution in [0.4, 0.5) is 0 Å². The normalized spacial score (nSPS) is 17.7. The third-order valence-corrected chi connectivity index (χ3v) is 5.30. The van der Waals surface area contributed by atoms with E-state index in [1.165, 1.54) is 30.4 Å². The Hall–Kier alpha value is -2.66. The van der Waals surface area contributed by atoms with Crippen molar-refractivity contribution in [1.29, 1.82) is 0 Å². The zero-order valence-corrected chi connectivity index (χ0v) is 15.8.